The number of methoxy groups -OCH3 is 1. The standard InChI is InChI=1S/C15H17NO/c1-17-15-9-6-11-4-2-3-5-13(11)14(15)10-16-12-7-8-12/h2-6,9,12,16H,7-8,10H2,1H3/p+1. The smallest absolute Gasteiger partial charge is 0.128 e. The highest BCUT2D eigenvalue weighted by Crippen LogP contribution is 2.27. The third-order valence-electron chi connectivity index (χ3n) is 3.49. The normalized spacial score (nSPS) is 15.1. The van der Waals surface area contributed by atoms with Gasteiger partial charge in [-0.15, -0.1) is 0 Å². The number of hydrogen-bond acceptors (Lipinski definition) is 1. The summed E-state index contributed by atoms with van der Waals surface area (Å²) in [4.78, 5) is 0. The van der Waals surface area contributed by atoms with E-state index in [-0.39, 0.29) is 0 Å². The first-order valence-corrected chi connectivity index (χ1v) is 6.26. The Morgan fingerprint density at radius 1 is 1.18 bits per heavy atom. The van der Waals surface area contributed by atoms with E-state index in [1.54, 1.807) is 7.11 Å². The van der Waals surface area contributed by atoms with E-state index in [0.717, 1.165) is 18.3 Å². The molecule has 0 unspecified atom stereocenters. The molecule has 0 aliphatic heterocycles. The number of nitrogens with two attached hydrogens (primary N) is 1. The third-order valence-corrected chi connectivity index (χ3v) is 3.49. The highest BCUT2D eigenvalue weighted by molar-refractivity contribution is 5.87. The molecule has 0 saturated heterocycles. The van der Waals surface area contributed by atoms with Crippen LogP contribution in [0.4, 0.5) is 0 Å². The van der Waals surface area contributed by atoms with Crippen molar-refractivity contribution in [1.29, 1.82) is 0 Å². The Morgan fingerprint density at radius 2 is 2.00 bits per heavy atom. The van der Waals surface area contributed by atoms with Gasteiger partial charge in [0.1, 0.15) is 12.3 Å². The number of rotatable bonds is 4. The van der Waals surface area contributed by atoms with Gasteiger partial charge in [-0.05, 0) is 16.8 Å². The summed E-state index contributed by atoms with van der Waals surface area (Å²) in [5.41, 5.74) is 1.33. The fourth-order valence-corrected chi connectivity index (χ4v) is 2.33. The van der Waals surface area contributed by atoms with Crippen LogP contribution in [0.15, 0.2) is 36.4 Å². The summed E-state index contributed by atoms with van der Waals surface area (Å²) in [5.74, 6) is 1.01. The van der Waals surface area contributed by atoms with Gasteiger partial charge >= 0.3 is 0 Å². The number of fused-ring (bicyclic) bond motifs is 1. The van der Waals surface area contributed by atoms with Gasteiger partial charge in [0.15, 0.2) is 0 Å². The molecule has 2 N–H and O–H groups in total. The van der Waals surface area contributed by atoms with Gasteiger partial charge in [-0.25, -0.2) is 0 Å². The fraction of sp³-hybridized carbons (Fsp3) is 0.333. The van der Waals surface area contributed by atoms with Crippen LogP contribution in [0.1, 0.15) is 18.4 Å². The van der Waals surface area contributed by atoms with Crippen molar-refractivity contribution in [1.82, 2.24) is 0 Å². The van der Waals surface area contributed by atoms with Crippen molar-refractivity contribution >= 4 is 10.8 Å². The minimum Gasteiger partial charge on any atom is -0.496 e. The molecule has 0 amide bonds. The molecule has 0 atom stereocenters. The fourth-order valence-electron chi connectivity index (χ4n) is 2.33. The van der Waals surface area contributed by atoms with Gasteiger partial charge in [0.05, 0.1) is 18.7 Å². The molecule has 0 bridgehead atoms. The lowest BCUT2D eigenvalue weighted by molar-refractivity contribution is -0.683. The van der Waals surface area contributed by atoms with E-state index in [0.29, 0.717) is 0 Å². The molecule has 1 aliphatic carbocycles. The molecule has 1 saturated carbocycles. The Balaban J connectivity index is 2.02. The largest absolute Gasteiger partial charge is 0.496 e. The maximum Gasteiger partial charge on any atom is 0.128 e. The highest BCUT2D eigenvalue weighted by atomic mass is 16.5. The second-order valence-electron chi connectivity index (χ2n) is 4.74. The van der Waals surface area contributed by atoms with E-state index in [1.807, 2.05) is 0 Å². The van der Waals surface area contributed by atoms with E-state index >= 15 is 0 Å². The lowest BCUT2D eigenvalue weighted by Gasteiger charge is -2.11. The molecule has 2 nitrogen and oxygen atoms in total. The highest BCUT2D eigenvalue weighted by Gasteiger charge is 2.25. The summed E-state index contributed by atoms with van der Waals surface area (Å²) in [6, 6.07) is 13.6. The second kappa shape index (κ2) is 4.38. The summed E-state index contributed by atoms with van der Waals surface area (Å²) in [7, 11) is 1.75. The van der Waals surface area contributed by atoms with Crippen LogP contribution in [-0.2, 0) is 6.54 Å². The Morgan fingerprint density at radius 3 is 2.76 bits per heavy atom. The molecular weight excluding hydrogens is 210 g/mol. The Kier molecular flexibility index (Phi) is 2.73. The Bertz CT molecular complexity index is 531. The minimum absolute atomic E-state index is 0.846. The van der Waals surface area contributed by atoms with Gasteiger partial charge in [0, 0.05) is 12.8 Å². The number of quaternary nitrogens is 1. The Hall–Kier alpha value is -1.54. The predicted octanol–water partition coefficient (Wildman–Crippen LogP) is 2.07. The van der Waals surface area contributed by atoms with Crippen molar-refractivity contribution in [3.63, 3.8) is 0 Å². The molecule has 1 aliphatic rings. The molecular formula is C15H18NO+. The molecule has 2 aromatic carbocycles. The van der Waals surface area contributed by atoms with Crippen molar-refractivity contribution < 1.29 is 10.1 Å². The summed E-state index contributed by atoms with van der Waals surface area (Å²) in [6.45, 7) is 1.02. The average molecular weight is 228 g/mol. The first-order valence-electron chi connectivity index (χ1n) is 6.26. The van der Waals surface area contributed by atoms with Gasteiger partial charge < -0.3 is 10.1 Å². The van der Waals surface area contributed by atoms with Crippen LogP contribution in [0.5, 0.6) is 5.75 Å². The quantitative estimate of drug-likeness (QED) is 0.851. The summed E-state index contributed by atoms with van der Waals surface area (Å²) >= 11 is 0. The minimum atomic E-state index is 0.846. The van der Waals surface area contributed by atoms with Gasteiger partial charge in [0.25, 0.3) is 0 Å². The molecule has 17 heavy (non-hydrogen) atoms. The molecule has 1 fully saturated rings. The number of benzene rings is 2. The molecule has 3 rings (SSSR count). The molecule has 0 radical (unpaired) electrons. The number of ether oxygens (including phenoxy) is 1. The summed E-state index contributed by atoms with van der Waals surface area (Å²) in [5, 5.41) is 5.06. The van der Waals surface area contributed by atoms with Crippen LogP contribution < -0.4 is 10.1 Å². The first-order chi connectivity index (χ1) is 8.38. The van der Waals surface area contributed by atoms with Crippen LogP contribution in [0, 0.1) is 0 Å². The summed E-state index contributed by atoms with van der Waals surface area (Å²) < 4.78 is 5.49. The van der Waals surface area contributed by atoms with Crippen LogP contribution >= 0.6 is 0 Å². The molecule has 2 aromatic rings. The van der Waals surface area contributed by atoms with E-state index < -0.39 is 0 Å². The van der Waals surface area contributed by atoms with E-state index in [1.165, 1.54) is 29.2 Å². The van der Waals surface area contributed by atoms with E-state index in [9.17, 15) is 0 Å². The number of hydrogen-bond donors (Lipinski definition) is 1. The molecule has 88 valence electrons. The van der Waals surface area contributed by atoms with Gasteiger partial charge in [0.2, 0.25) is 0 Å². The SMILES string of the molecule is COc1ccc2ccccc2c1C[NH2+]C1CC1. The van der Waals surface area contributed by atoms with E-state index in [2.05, 4.69) is 41.7 Å². The van der Waals surface area contributed by atoms with Crippen LogP contribution in [0.2, 0.25) is 0 Å². The zero-order chi connectivity index (χ0) is 11.7. The third kappa shape index (κ3) is 2.13. The zero-order valence-electron chi connectivity index (χ0n) is 10.1. The summed E-state index contributed by atoms with van der Waals surface area (Å²) in [6.07, 6.45) is 2.74. The van der Waals surface area contributed by atoms with Crippen molar-refractivity contribution in [3.05, 3.63) is 42.0 Å². The average Bonchev–Trinajstić information content (AvgIpc) is 3.19. The molecule has 2 heteroatoms. The van der Waals surface area contributed by atoms with Crippen LogP contribution in [0.25, 0.3) is 10.8 Å². The zero-order valence-corrected chi connectivity index (χ0v) is 10.1. The van der Waals surface area contributed by atoms with Crippen LogP contribution in [-0.4, -0.2) is 13.2 Å². The van der Waals surface area contributed by atoms with E-state index in [4.69, 9.17) is 4.74 Å². The van der Waals surface area contributed by atoms with Gasteiger partial charge in [-0.2, -0.15) is 0 Å². The Labute approximate surface area is 102 Å². The van der Waals surface area contributed by atoms with Gasteiger partial charge in [-0.3, -0.25) is 0 Å². The van der Waals surface area contributed by atoms with Crippen molar-refractivity contribution in [2.75, 3.05) is 7.11 Å². The monoisotopic (exact) mass is 228 g/mol. The maximum atomic E-state index is 5.49. The molecule has 0 aromatic heterocycles. The first kappa shape index (κ1) is 10.6. The topological polar surface area (TPSA) is 25.8 Å². The van der Waals surface area contributed by atoms with Crippen molar-refractivity contribution in [3.8, 4) is 5.75 Å². The van der Waals surface area contributed by atoms with Crippen LogP contribution in [0.3, 0.4) is 0 Å². The van der Waals surface area contributed by atoms with Crippen molar-refractivity contribution in [2.45, 2.75) is 25.4 Å². The lowest BCUT2D eigenvalue weighted by Crippen LogP contribution is -2.84. The lowest BCUT2D eigenvalue weighted by atomic mass is 10.0. The maximum absolute atomic E-state index is 5.49. The van der Waals surface area contributed by atoms with Crippen molar-refractivity contribution in [2.24, 2.45) is 0 Å². The molecule has 0 heterocycles. The molecule has 0 spiro atoms. The second-order valence-corrected chi connectivity index (χ2v) is 4.74. The predicted molar refractivity (Wildman–Crippen MR) is 69.2 cm³/mol. The van der Waals surface area contributed by atoms with Gasteiger partial charge in [-0.1, -0.05) is 30.3 Å².